The quantitative estimate of drug-likeness (QED) is 0.216. The van der Waals surface area contributed by atoms with E-state index < -0.39 is 53.7 Å². The van der Waals surface area contributed by atoms with Gasteiger partial charge in [-0.25, -0.2) is 0 Å². The minimum Gasteiger partial charge on any atom is -0.489 e. The van der Waals surface area contributed by atoms with Crippen molar-refractivity contribution in [3.63, 3.8) is 0 Å². The summed E-state index contributed by atoms with van der Waals surface area (Å²) in [6, 6.07) is 14.6. The van der Waals surface area contributed by atoms with Crippen molar-refractivity contribution in [1.82, 2.24) is 5.32 Å². The molecule has 11 heteroatoms. The van der Waals surface area contributed by atoms with Crippen LogP contribution in [0.5, 0.6) is 5.75 Å². The predicted molar refractivity (Wildman–Crippen MR) is 142 cm³/mol. The first-order chi connectivity index (χ1) is 18.9. The number of ether oxygens (including phenoxy) is 2. The van der Waals surface area contributed by atoms with Crippen molar-refractivity contribution in [3.8, 4) is 5.75 Å². The number of esters is 1. The molecule has 226 valence electrons. The maximum Gasteiger partial charge on any atom is 0.463 e. The van der Waals surface area contributed by atoms with E-state index in [0.29, 0.717) is 17.9 Å². The van der Waals surface area contributed by atoms with Crippen LogP contribution in [0.3, 0.4) is 0 Å². The van der Waals surface area contributed by atoms with Crippen molar-refractivity contribution in [1.29, 1.82) is 0 Å². The van der Waals surface area contributed by atoms with E-state index in [0.717, 1.165) is 5.56 Å². The summed E-state index contributed by atoms with van der Waals surface area (Å²) in [5.74, 6) is -10.8. The normalized spacial score (nSPS) is 13.8. The van der Waals surface area contributed by atoms with Crippen LogP contribution in [-0.4, -0.2) is 41.4 Å². The van der Waals surface area contributed by atoms with Gasteiger partial charge < -0.3 is 14.8 Å². The van der Waals surface area contributed by atoms with Crippen molar-refractivity contribution < 1.29 is 45.8 Å². The minimum atomic E-state index is -6.13. The van der Waals surface area contributed by atoms with E-state index >= 15 is 0 Å². The van der Waals surface area contributed by atoms with E-state index in [9.17, 15) is 36.3 Å². The number of hydrogen-bond acceptors (Lipinski definition) is 5. The lowest BCUT2D eigenvalue weighted by atomic mass is 9.89. The van der Waals surface area contributed by atoms with Gasteiger partial charge in [0.25, 0.3) is 0 Å². The molecule has 1 N–H and O–H groups in total. The Bertz CT molecular complexity index is 1160. The van der Waals surface area contributed by atoms with Crippen LogP contribution in [0, 0.1) is 11.8 Å². The summed E-state index contributed by atoms with van der Waals surface area (Å²) in [6.45, 7) is 8.45. The number of Topliss-reactive ketones (excluding diaryl/α,β-unsaturated/α-hetero) is 1. The molecule has 0 heterocycles. The van der Waals surface area contributed by atoms with Crippen LogP contribution in [0.25, 0.3) is 0 Å². The van der Waals surface area contributed by atoms with Gasteiger partial charge in [-0.05, 0) is 62.8 Å². The molecule has 6 nitrogen and oxygen atoms in total. The third-order valence-electron chi connectivity index (χ3n) is 5.88. The van der Waals surface area contributed by atoms with E-state index in [-0.39, 0.29) is 18.8 Å². The van der Waals surface area contributed by atoms with Crippen LogP contribution < -0.4 is 10.1 Å². The maximum absolute atomic E-state index is 13.6. The van der Waals surface area contributed by atoms with E-state index in [1.54, 1.807) is 64.2 Å². The Labute approximate surface area is 236 Å². The number of ketones is 1. The average molecular weight is 586 g/mol. The summed E-state index contributed by atoms with van der Waals surface area (Å²) in [5.41, 5.74) is 0.693. The molecule has 2 rings (SSSR count). The lowest BCUT2D eigenvalue weighted by Crippen LogP contribution is -2.55. The van der Waals surface area contributed by atoms with Gasteiger partial charge in [0.1, 0.15) is 18.0 Å². The Kier molecular flexibility index (Phi) is 11.4. The zero-order valence-corrected chi connectivity index (χ0v) is 23.7. The highest BCUT2D eigenvalue weighted by Crippen LogP contribution is 2.35. The van der Waals surface area contributed by atoms with Crippen LogP contribution in [0.2, 0.25) is 0 Å². The van der Waals surface area contributed by atoms with E-state index in [1.165, 1.54) is 0 Å². The zero-order chi connectivity index (χ0) is 31.0. The number of amides is 1. The minimum absolute atomic E-state index is 0.0146. The largest absolute Gasteiger partial charge is 0.489 e. The van der Waals surface area contributed by atoms with Crippen molar-refractivity contribution in [2.45, 2.75) is 84.2 Å². The molecule has 0 spiro atoms. The van der Waals surface area contributed by atoms with Crippen LogP contribution in [-0.2, 0) is 32.1 Å². The lowest BCUT2D eigenvalue weighted by Gasteiger charge is -2.27. The standard InChI is InChI=1S/C30H36F5NO5/c1-19(2)15-24(36-27(39)29(31,32)30(33,34)35)25(37)17-22(26(38)41-28(3,4)5)16-20-11-13-23(14-12-20)40-18-21-9-7-6-8-10-21/h6-14,19,22,24H,15-18H2,1-5H3,(H,36,39)/t22-,24-/m0/s1. The topological polar surface area (TPSA) is 81.7 Å². The first-order valence-electron chi connectivity index (χ1n) is 13.2. The average Bonchev–Trinajstić information content (AvgIpc) is 2.86. The molecule has 0 bridgehead atoms. The zero-order valence-electron chi connectivity index (χ0n) is 23.7. The molecule has 1 amide bonds. The number of hydrogen-bond donors (Lipinski definition) is 1. The molecular formula is C30H36F5NO5. The van der Waals surface area contributed by atoms with Gasteiger partial charge in [-0.1, -0.05) is 56.3 Å². The molecule has 0 aliphatic heterocycles. The monoisotopic (exact) mass is 585 g/mol. The first-order valence-corrected chi connectivity index (χ1v) is 13.2. The summed E-state index contributed by atoms with van der Waals surface area (Å²) >= 11 is 0. The number of carbonyl (C=O) groups is 3. The van der Waals surface area contributed by atoms with Crippen molar-refractivity contribution in [2.24, 2.45) is 11.8 Å². The molecule has 2 aromatic carbocycles. The Morgan fingerprint density at radius 3 is 1.95 bits per heavy atom. The van der Waals surface area contributed by atoms with Gasteiger partial charge in [0, 0.05) is 6.42 Å². The lowest BCUT2D eigenvalue weighted by molar-refractivity contribution is -0.270. The highest BCUT2D eigenvalue weighted by Gasteiger charge is 2.63. The highest BCUT2D eigenvalue weighted by molar-refractivity contribution is 5.93. The number of alkyl halides is 5. The summed E-state index contributed by atoms with van der Waals surface area (Å²) in [5, 5.41) is 1.56. The second-order valence-electron chi connectivity index (χ2n) is 11.3. The highest BCUT2D eigenvalue weighted by atomic mass is 19.4. The molecule has 0 aromatic heterocycles. The predicted octanol–water partition coefficient (Wildman–Crippen LogP) is 6.45. The molecule has 0 saturated heterocycles. The van der Waals surface area contributed by atoms with Gasteiger partial charge in [0.05, 0.1) is 12.0 Å². The third kappa shape index (κ3) is 10.8. The van der Waals surface area contributed by atoms with Gasteiger partial charge in [-0.15, -0.1) is 0 Å². The fourth-order valence-corrected chi connectivity index (χ4v) is 3.88. The van der Waals surface area contributed by atoms with Crippen LogP contribution in [0.4, 0.5) is 22.0 Å². The number of carbonyl (C=O) groups excluding carboxylic acids is 3. The Morgan fingerprint density at radius 1 is 0.854 bits per heavy atom. The third-order valence-corrected chi connectivity index (χ3v) is 5.88. The summed E-state index contributed by atoms with van der Waals surface area (Å²) in [4.78, 5) is 38.0. The smallest absolute Gasteiger partial charge is 0.463 e. The molecule has 2 aromatic rings. The van der Waals surface area contributed by atoms with Gasteiger partial charge in [0.2, 0.25) is 0 Å². The van der Waals surface area contributed by atoms with E-state index in [1.807, 2.05) is 30.3 Å². The first kappa shape index (κ1) is 33.7. The van der Waals surface area contributed by atoms with E-state index in [4.69, 9.17) is 9.47 Å². The number of nitrogens with one attached hydrogen (secondary N) is 1. The summed E-state index contributed by atoms with van der Waals surface area (Å²) in [7, 11) is 0. The fraction of sp³-hybridized carbons (Fsp3) is 0.500. The molecule has 0 saturated carbocycles. The molecule has 0 aliphatic rings. The number of halogens is 5. The van der Waals surface area contributed by atoms with Gasteiger partial charge >= 0.3 is 24.0 Å². The maximum atomic E-state index is 13.6. The Morgan fingerprint density at radius 2 is 1.44 bits per heavy atom. The number of rotatable bonds is 13. The van der Waals surface area contributed by atoms with Crippen LogP contribution in [0.1, 0.15) is 58.6 Å². The molecule has 0 fully saturated rings. The molecule has 0 aliphatic carbocycles. The molecule has 0 unspecified atom stereocenters. The van der Waals surface area contributed by atoms with E-state index in [2.05, 4.69) is 0 Å². The molecule has 0 radical (unpaired) electrons. The molecular weight excluding hydrogens is 549 g/mol. The van der Waals surface area contributed by atoms with Crippen LogP contribution >= 0.6 is 0 Å². The van der Waals surface area contributed by atoms with Gasteiger partial charge in [-0.3, -0.25) is 14.4 Å². The van der Waals surface area contributed by atoms with Crippen molar-refractivity contribution in [3.05, 3.63) is 65.7 Å². The second kappa shape index (κ2) is 13.9. The Balaban J connectivity index is 2.21. The summed E-state index contributed by atoms with van der Waals surface area (Å²) < 4.78 is 76.5. The van der Waals surface area contributed by atoms with Gasteiger partial charge in [-0.2, -0.15) is 22.0 Å². The molecule has 2 atom stereocenters. The second-order valence-corrected chi connectivity index (χ2v) is 11.3. The summed E-state index contributed by atoms with van der Waals surface area (Å²) in [6.07, 6.45) is -6.86. The van der Waals surface area contributed by atoms with Gasteiger partial charge in [0.15, 0.2) is 5.78 Å². The van der Waals surface area contributed by atoms with Crippen molar-refractivity contribution >= 4 is 17.7 Å². The Hall–Kier alpha value is -3.50. The van der Waals surface area contributed by atoms with Crippen molar-refractivity contribution in [2.75, 3.05) is 0 Å². The van der Waals surface area contributed by atoms with Crippen LogP contribution in [0.15, 0.2) is 54.6 Å². The number of benzene rings is 2. The fourth-order valence-electron chi connectivity index (χ4n) is 3.88. The molecule has 41 heavy (non-hydrogen) atoms. The SMILES string of the molecule is CC(C)C[C@H](NC(=O)C(F)(F)C(F)(F)F)C(=O)C[C@H](Cc1ccc(OCc2ccccc2)cc1)C(=O)OC(C)(C)C.